The lowest BCUT2D eigenvalue weighted by atomic mass is 10.4. The van der Waals surface area contributed by atoms with E-state index in [2.05, 4.69) is 15.0 Å². The first-order chi connectivity index (χ1) is 8.06. The van der Waals surface area contributed by atoms with Crippen LogP contribution in [0.3, 0.4) is 0 Å². The lowest BCUT2D eigenvalue weighted by Gasteiger charge is -2.16. The summed E-state index contributed by atoms with van der Waals surface area (Å²) in [6, 6.07) is 0. The first-order valence-electron chi connectivity index (χ1n) is 5.30. The van der Waals surface area contributed by atoms with Crippen LogP contribution in [0.5, 0.6) is 0 Å². The molecule has 0 bridgehead atoms. The fourth-order valence-electron chi connectivity index (χ4n) is 1.20. The van der Waals surface area contributed by atoms with Crippen molar-refractivity contribution < 1.29 is 8.42 Å². The minimum Gasteiger partial charge on any atom is -0.320 e. The summed E-state index contributed by atoms with van der Waals surface area (Å²) in [7, 11) is 0.0172. The highest BCUT2D eigenvalue weighted by molar-refractivity contribution is 7.87. The van der Waals surface area contributed by atoms with Crippen LogP contribution in [0.2, 0.25) is 0 Å². The third kappa shape index (κ3) is 5.09. The molecule has 1 rings (SSSR count). The standard InChI is InChI=1S/C9H18N4O2S2/c1-10-4-3-6-13(2)17(14,15)12-8-9-11-5-7-16-9/h5,7,10,12H,3-4,6,8H2,1-2H3. The number of hydrogen-bond acceptors (Lipinski definition) is 5. The molecule has 0 amide bonds. The van der Waals surface area contributed by atoms with Crippen LogP contribution in [-0.2, 0) is 16.8 Å². The van der Waals surface area contributed by atoms with Crippen molar-refractivity contribution in [3.8, 4) is 0 Å². The molecular formula is C9H18N4O2S2. The zero-order valence-corrected chi connectivity index (χ0v) is 11.6. The van der Waals surface area contributed by atoms with Crippen molar-refractivity contribution in [3.63, 3.8) is 0 Å². The average Bonchev–Trinajstić information content (AvgIpc) is 2.79. The molecular weight excluding hydrogens is 260 g/mol. The van der Waals surface area contributed by atoms with Gasteiger partial charge in [0, 0.05) is 25.2 Å². The van der Waals surface area contributed by atoms with Crippen molar-refractivity contribution >= 4 is 21.5 Å². The van der Waals surface area contributed by atoms with Crippen molar-refractivity contribution in [2.45, 2.75) is 13.0 Å². The largest absolute Gasteiger partial charge is 0.320 e. The Balaban J connectivity index is 2.39. The highest BCUT2D eigenvalue weighted by Crippen LogP contribution is 2.04. The van der Waals surface area contributed by atoms with Crippen molar-refractivity contribution in [3.05, 3.63) is 16.6 Å². The lowest BCUT2D eigenvalue weighted by molar-refractivity contribution is 0.447. The van der Waals surface area contributed by atoms with E-state index in [-0.39, 0.29) is 6.54 Å². The molecule has 2 N–H and O–H groups in total. The molecule has 0 radical (unpaired) electrons. The summed E-state index contributed by atoms with van der Waals surface area (Å²) in [4.78, 5) is 4.02. The van der Waals surface area contributed by atoms with Gasteiger partial charge in [0.05, 0.1) is 6.54 Å². The van der Waals surface area contributed by atoms with Crippen molar-refractivity contribution in [1.29, 1.82) is 0 Å². The quantitative estimate of drug-likeness (QED) is 0.657. The fraction of sp³-hybridized carbons (Fsp3) is 0.667. The highest BCUT2D eigenvalue weighted by Gasteiger charge is 2.16. The first-order valence-corrected chi connectivity index (χ1v) is 7.62. The summed E-state index contributed by atoms with van der Waals surface area (Å²) in [5.41, 5.74) is 0. The van der Waals surface area contributed by atoms with Crippen molar-refractivity contribution in [2.75, 3.05) is 27.2 Å². The normalized spacial score (nSPS) is 12.2. The van der Waals surface area contributed by atoms with E-state index in [0.29, 0.717) is 6.54 Å². The molecule has 1 aromatic rings. The minimum absolute atomic E-state index is 0.246. The number of aromatic nitrogens is 1. The Morgan fingerprint density at radius 1 is 1.53 bits per heavy atom. The van der Waals surface area contributed by atoms with Gasteiger partial charge >= 0.3 is 0 Å². The summed E-state index contributed by atoms with van der Waals surface area (Å²) in [6.45, 7) is 1.54. The van der Waals surface area contributed by atoms with Gasteiger partial charge in [-0.1, -0.05) is 0 Å². The molecule has 8 heteroatoms. The van der Waals surface area contributed by atoms with E-state index in [0.717, 1.165) is 18.0 Å². The molecule has 0 saturated heterocycles. The molecule has 0 fully saturated rings. The van der Waals surface area contributed by atoms with Gasteiger partial charge in [0.1, 0.15) is 5.01 Å². The Hall–Kier alpha value is -0.540. The molecule has 1 aromatic heterocycles. The van der Waals surface area contributed by atoms with Crippen LogP contribution in [0.1, 0.15) is 11.4 Å². The van der Waals surface area contributed by atoms with Crippen LogP contribution in [0.25, 0.3) is 0 Å². The first kappa shape index (κ1) is 14.5. The van der Waals surface area contributed by atoms with Gasteiger partial charge in [-0.2, -0.15) is 17.4 Å². The van der Waals surface area contributed by atoms with Gasteiger partial charge in [0.15, 0.2) is 0 Å². The monoisotopic (exact) mass is 278 g/mol. The second-order valence-electron chi connectivity index (χ2n) is 3.53. The Labute approximate surface area is 106 Å². The molecule has 0 atom stereocenters. The summed E-state index contributed by atoms with van der Waals surface area (Å²) in [5.74, 6) is 0. The van der Waals surface area contributed by atoms with E-state index in [9.17, 15) is 8.42 Å². The minimum atomic E-state index is -3.39. The average molecular weight is 278 g/mol. The van der Waals surface area contributed by atoms with Gasteiger partial charge in [-0.15, -0.1) is 11.3 Å². The summed E-state index contributed by atoms with van der Waals surface area (Å²) >= 11 is 1.43. The number of hydrogen-bond donors (Lipinski definition) is 2. The second-order valence-corrected chi connectivity index (χ2v) is 6.37. The smallest absolute Gasteiger partial charge is 0.279 e. The van der Waals surface area contributed by atoms with Crippen LogP contribution in [0.15, 0.2) is 11.6 Å². The van der Waals surface area contributed by atoms with Gasteiger partial charge in [-0.05, 0) is 20.0 Å². The van der Waals surface area contributed by atoms with Gasteiger partial charge in [-0.25, -0.2) is 4.98 Å². The Morgan fingerprint density at radius 3 is 2.88 bits per heavy atom. The molecule has 0 aromatic carbocycles. The van der Waals surface area contributed by atoms with Crippen LogP contribution < -0.4 is 10.0 Å². The van der Waals surface area contributed by atoms with Gasteiger partial charge in [-0.3, -0.25) is 0 Å². The number of rotatable bonds is 8. The molecule has 98 valence electrons. The van der Waals surface area contributed by atoms with E-state index in [1.54, 1.807) is 13.2 Å². The number of nitrogens with one attached hydrogen (secondary N) is 2. The third-order valence-corrected chi connectivity index (χ3v) is 4.49. The number of thiazole rings is 1. The summed E-state index contributed by atoms with van der Waals surface area (Å²) in [5, 5.41) is 5.56. The topological polar surface area (TPSA) is 74.3 Å². The molecule has 0 saturated carbocycles. The van der Waals surface area contributed by atoms with Gasteiger partial charge in [0.25, 0.3) is 10.2 Å². The maximum absolute atomic E-state index is 11.8. The summed E-state index contributed by atoms with van der Waals surface area (Å²) in [6.07, 6.45) is 2.44. The summed E-state index contributed by atoms with van der Waals surface area (Å²) < 4.78 is 27.4. The van der Waals surface area contributed by atoms with Crippen molar-refractivity contribution in [2.24, 2.45) is 0 Å². The van der Waals surface area contributed by atoms with E-state index in [1.807, 2.05) is 12.4 Å². The second kappa shape index (κ2) is 7.02. The zero-order valence-electron chi connectivity index (χ0n) is 10.0. The van der Waals surface area contributed by atoms with Crippen LogP contribution in [0, 0.1) is 0 Å². The molecule has 0 spiro atoms. The fourth-order valence-corrected chi connectivity index (χ4v) is 2.76. The maximum atomic E-state index is 11.8. The van der Waals surface area contributed by atoms with E-state index < -0.39 is 10.2 Å². The molecule has 17 heavy (non-hydrogen) atoms. The molecule has 6 nitrogen and oxygen atoms in total. The van der Waals surface area contributed by atoms with Gasteiger partial charge < -0.3 is 5.32 Å². The Kier molecular flexibility index (Phi) is 6.00. The Bertz CT molecular complexity index is 405. The van der Waals surface area contributed by atoms with E-state index in [1.165, 1.54) is 15.6 Å². The Morgan fingerprint density at radius 2 is 2.29 bits per heavy atom. The molecule has 1 heterocycles. The van der Waals surface area contributed by atoms with Crippen LogP contribution in [-0.4, -0.2) is 44.9 Å². The molecule has 0 aliphatic heterocycles. The van der Waals surface area contributed by atoms with Crippen LogP contribution in [0.4, 0.5) is 0 Å². The zero-order chi connectivity index (χ0) is 12.7. The maximum Gasteiger partial charge on any atom is 0.279 e. The molecule has 0 unspecified atom stereocenters. The van der Waals surface area contributed by atoms with Gasteiger partial charge in [0.2, 0.25) is 0 Å². The lowest BCUT2D eigenvalue weighted by Crippen LogP contribution is -2.38. The van der Waals surface area contributed by atoms with Crippen LogP contribution >= 0.6 is 11.3 Å². The third-order valence-electron chi connectivity index (χ3n) is 2.20. The molecule has 0 aliphatic carbocycles. The number of nitrogens with zero attached hydrogens (tertiary/aromatic N) is 2. The van der Waals surface area contributed by atoms with Crippen molar-refractivity contribution in [1.82, 2.24) is 19.3 Å². The van der Waals surface area contributed by atoms with E-state index in [4.69, 9.17) is 0 Å². The molecule has 0 aliphatic rings. The predicted molar refractivity (Wildman–Crippen MR) is 69.0 cm³/mol. The highest BCUT2D eigenvalue weighted by atomic mass is 32.2. The van der Waals surface area contributed by atoms with E-state index >= 15 is 0 Å². The SMILES string of the molecule is CNCCCN(C)S(=O)(=O)NCc1nccs1. The predicted octanol–water partition coefficient (Wildman–Crippen LogP) is 0.0188.